The summed E-state index contributed by atoms with van der Waals surface area (Å²) in [6, 6.07) is 12.8. The predicted octanol–water partition coefficient (Wildman–Crippen LogP) is 2.38. The summed E-state index contributed by atoms with van der Waals surface area (Å²) in [4.78, 5) is 36.5. The van der Waals surface area contributed by atoms with E-state index in [0.717, 1.165) is 16.3 Å². The number of esters is 2. The van der Waals surface area contributed by atoms with E-state index < -0.39 is 24.1 Å². The van der Waals surface area contributed by atoms with E-state index in [-0.39, 0.29) is 24.9 Å². The summed E-state index contributed by atoms with van der Waals surface area (Å²) in [6.45, 7) is 3.88. The smallest absolute Gasteiger partial charge is 0.347 e. The van der Waals surface area contributed by atoms with Crippen LogP contribution in [0.15, 0.2) is 42.5 Å². The number of hydrogen-bond donors (Lipinski definition) is 1. The van der Waals surface area contributed by atoms with Crippen LogP contribution in [-0.4, -0.2) is 36.6 Å². The van der Waals surface area contributed by atoms with Gasteiger partial charge in [0.25, 0.3) is 0 Å². The quantitative estimate of drug-likeness (QED) is 0.791. The fourth-order valence-electron chi connectivity index (χ4n) is 3.14. The van der Waals surface area contributed by atoms with Crippen LogP contribution in [0.2, 0.25) is 0 Å². The molecule has 2 aromatic rings. The first kappa shape index (κ1) is 18.9. The van der Waals surface area contributed by atoms with Gasteiger partial charge in [-0.3, -0.25) is 4.79 Å². The van der Waals surface area contributed by atoms with Gasteiger partial charge in [-0.15, -0.1) is 0 Å². The molecule has 2 atom stereocenters. The molecule has 0 saturated carbocycles. The Bertz CT molecular complexity index is 855. The van der Waals surface area contributed by atoms with E-state index in [1.54, 1.807) is 0 Å². The minimum atomic E-state index is -0.881. The van der Waals surface area contributed by atoms with E-state index >= 15 is 0 Å². The molecule has 6 nitrogen and oxygen atoms in total. The van der Waals surface area contributed by atoms with Crippen LogP contribution in [0.3, 0.4) is 0 Å². The Balaban J connectivity index is 1.68. The van der Waals surface area contributed by atoms with Gasteiger partial charge in [-0.05, 0) is 22.3 Å². The third-order valence-corrected chi connectivity index (χ3v) is 4.61. The van der Waals surface area contributed by atoms with Crippen molar-refractivity contribution < 1.29 is 23.9 Å². The third-order valence-electron chi connectivity index (χ3n) is 4.61. The fourth-order valence-corrected chi connectivity index (χ4v) is 3.14. The lowest BCUT2D eigenvalue weighted by molar-refractivity contribution is -0.163. The summed E-state index contributed by atoms with van der Waals surface area (Å²) < 4.78 is 10.0. The average Bonchev–Trinajstić information content (AvgIpc) is 3.04. The van der Waals surface area contributed by atoms with Crippen molar-refractivity contribution in [1.82, 2.24) is 5.32 Å². The second-order valence-electron chi connectivity index (χ2n) is 6.99. The molecule has 0 bridgehead atoms. The Kier molecular flexibility index (Phi) is 5.74. The molecule has 0 spiro atoms. The van der Waals surface area contributed by atoms with E-state index in [4.69, 9.17) is 9.47 Å². The van der Waals surface area contributed by atoms with Gasteiger partial charge >= 0.3 is 11.9 Å². The molecule has 1 aliphatic heterocycles. The number of carbonyl (C=O) groups excluding carboxylic acids is 3. The van der Waals surface area contributed by atoms with E-state index in [9.17, 15) is 14.4 Å². The summed E-state index contributed by atoms with van der Waals surface area (Å²) in [5.41, 5.74) is 0.890. The molecule has 0 aliphatic carbocycles. The Morgan fingerprint density at radius 2 is 1.93 bits per heavy atom. The number of amides is 1. The molecule has 1 amide bonds. The van der Waals surface area contributed by atoms with Gasteiger partial charge in [0, 0.05) is 6.42 Å². The standard InChI is InChI=1S/C21H23NO5/c1-13(2)19(21(25)27-17-10-11-26-20(17)24)22-18(23)12-15-8-5-7-14-6-3-4-9-16(14)15/h3-9,13,17,19H,10-12H2,1-2H3,(H,22,23)/t17-,19+/m1/s1. The average molecular weight is 369 g/mol. The minimum absolute atomic E-state index is 0.156. The second-order valence-corrected chi connectivity index (χ2v) is 6.99. The van der Waals surface area contributed by atoms with Gasteiger partial charge in [0.2, 0.25) is 12.0 Å². The van der Waals surface area contributed by atoms with Crippen LogP contribution >= 0.6 is 0 Å². The van der Waals surface area contributed by atoms with Gasteiger partial charge in [0.05, 0.1) is 13.0 Å². The highest BCUT2D eigenvalue weighted by Gasteiger charge is 2.34. The molecule has 1 aliphatic rings. The molecular weight excluding hydrogens is 346 g/mol. The van der Waals surface area contributed by atoms with E-state index in [0.29, 0.717) is 6.42 Å². The van der Waals surface area contributed by atoms with Crippen LogP contribution in [0.4, 0.5) is 0 Å². The van der Waals surface area contributed by atoms with Gasteiger partial charge in [-0.2, -0.15) is 0 Å². The molecule has 0 aromatic heterocycles. The number of rotatable bonds is 6. The minimum Gasteiger partial charge on any atom is -0.463 e. The molecule has 3 rings (SSSR count). The number of carbonyl (C=O) groups is 3. The maximum atomic E-state index is 12.6. The maximum Gasteiger partial charge on any atom is 0.347 e. The molecule has 0 radical (unpaired) electrons. The molecule has 1 heterocycles. The number of nitrogens with one attached hydrogen (secondary N) is 1. The lowest BCUT2D eigenvalue weighted by Crippen LogP contribution is -2.47. The second kappa shape index (κ2) is 8.20. The first-order valence-electron chi connectivity index (χ1n) is 9.09. The van der Waals surface area contributed by atoms with Crippen molar-refractivity contribution >= 4 is 28.6 Å². The highest BCUT2D eigenvalue weighted by atomic mass is 16.6. The van der Waals surface area contributed by atoms with Crippen molar-refractivity contribution in [3.63, 3.8) is 0 Å². The molecular formula is C21H23NO5. The van der Waals surface area contributed by atoms with Gasteiger partial charge in [-0.1, -0.05) is 56.3 Å². The monoisotopic (exact) mass is 369 g/mol. The summed E-state index contributed by atoms with van der Waals surface area (Å²) in [6.07, 6.45) is -0.378. The Morgan fingerprint density at radius 1 is 1.19 bits per heavy atom. The molecule has 1 saturated heterocycles. The van der Waals surface area contributed by atoms with Crippen molar-refractivity contribution in [3.8, 4) is 0 Å². The van der Waals surface area contributed by atoms with Crippen LogP contribution < -0.4 is 5.32 Å². The van der Waals surface area contributed by atoms with Gasteiger partial charge in [0.1, 0.15) is 6.04 Å². The van der Waals surface area contributed by atoms with Crippen molar-refractivity contribution in [3.05, 3.63) is 48.0 Å². The molecule has 1 N–H and O–H groups in total. The molecule has 27 heavy (non-hydrogen) atoms. The van der Waals surface area contributed by atoms with Crippen LogP contribution in [-0.2, 0) is 30.3 Å². The van der Waals surface area contributed by atoms with Crippen LogP contribution in [0.25, 0.3) is 10.8 Å². The van der Waals surface area contributed by atoms with Gasteiger partial charge in [-0.25, -0.2) is 9.59 Å². The molecule has 1 fully saturated rings. The van der Waals surface area contributed by atoms with E-state index in [1.165, 1.54) is 0 Å². The SMILES string of the molecule is CC(C)[C@H](NC(=O)Cc1cccc2ccccc12)C(=O)O[C@@H]1CCOC1=O. The lowest BCUT2D eigenvalue weighted by Gasteiger charge is -2.22. The topological polar surface area (TPSA) is 81.7 Å². The van der Waals surface area contributed by atoms with Crippen molar-refractivity contribution in [2.75, 3.05) is 6.61 Å². The highest BCUT2D eigenvalue weighted by Crippen LogP contribution is 2.19. The number of benzene rings is 2. The summed E-state index contributed by atoms with van der Waals surface area (Å²) in [5, 5.41) is 4.82. The van der Waals surface area contributed by atoms with Crippen LogP contribution in [0.5, 0.6) is 0 Å². The normalized spacial score (nSPS) is 17.6. The zero-order valence-electron chi connectivity index (χ0n) is 15.4. The van der Waals surface area contributed by atoms with Gasteiger partial charge < -0.3 is 14.8 Å². The first-order chi connectivity index (χ1) is 13.0. The Morgan fingerprint density at radius 3 is 2.63 bits per heavy atom. The predicted molar refractivity (Wildman–Crippen MR) is 99.9 cm³/mol. The molecule has 6 heteroatoms. The van der Waals surface area contributed by atoms with Crippen molar-refractivity contribution in [2.45, 2.75) is 38.8 Å². The largest absolute Gasteiger partial charge is 0.463 e. The van der Waals surface area contributed by atoms with Crippen molar-refractivity contribution in [2.24, 2.45) is 5.92 Å². The zero-order chi connectivity index (χ0) is 19.4. The number of cyclic esters (lactones) is 1. The van der Waals surface area contributed by atoms with Crippen LogP contribution in [0.1, 0.15) is 25.8 Å². The summed E-state index contributed by atoms with van der Waals surface area (Å²) >= 11 is 0. The maximum absolute atomic E-state index is 12.6. The third kappa shape index (κ3) is 4.45. The Labute approximate surface area is 157 Å². The molecule has 2 aromatic carbocycles. The fraction of sp³-hybridized carbons (Fsp3) is 0.381. The van der Waals surface area contributed by atoms with E-state index in [1.807, 2.05) is 56.3 Å². The number of fused-ring (bicyclic) bond motifs is 1. The highest BCUT2D eigenvalue weighted by molar-refractivity contribution is 5.92. The van der Waals surface area contributed by atoms with Crippen molar-refractivity contribution in [1.29, 1.82) is 0 Å². The Hall–Kier alpha value is -2.89. The molecule has 142 valence electrons. The summed E-state index contributed by atoms with van der Waals surface area (Å²) in [5.74, 6) is -1.59. The first-order valence-corrected chi connectivity index (χ1v) is 9.09. The zero-order valence-corrected chi connectivity index (χ0v) is 15.4. The lowest BCUT2D eigenvalue weighted by atomic mass is 10.0. The summed E-state index contributed by atoms with van der Waals surface area (Å²) in [7, 11) is 0. The van der Waals surface area contributed by atoms with E-state index in [2.05, 4.69) is 5.32 Å². The number of hydrogen-bond acceptors (Lipinski definition) is 5. The number of ether oxygens (including phenoxy) is 2. The molecule has 0 unspecified atom stereocenters. The van der Waals surface area contributed by atoms with Crippen LogP contribution in [0, 0.1) is 5.92 Å². The van der Waals surface area contributed by atoms with Gasteiger partial charge in [0.15, 0.2) is 0 Å².